The number of ether oxygens (including phenoxy) is 1. The van der Waals surface area contributed by atoms with Crippen LogP contribution in [-0.2, 0) is 26.2 Å². The van der Waals surface area contributed by atoms with Crippen LogP contribution in [0.1, 0.15) is 39.7 Å². The highest BCUT2D eigenvalue weighted by Crippen LogP contribution is 2.20. The lowest BCUT2D eigenvalue weighted by atomic mass is 10.1. The molecule has 0 fully saturated rings. The molecular weight excluding hydrogens is 330 g/mol. The van der Waals surface area contributed by atoms with E-state index in [-0.39, 0.29) is 24.3 Å². The molecule has 0 saturated carbocycles. The zero-order chi connectivity index (χ0) is 18.3. The minimum Gasteiger partial charge on any atom is -0.382 e. The van der Waals surface area contributed by atoms with E-state index in [1.807, 2.05) is 19.9 Å². The quantitative estimate of drug-likeness (QED) is 0.635. The maximum Gasteiger partial charge on any atom is 0.311 e. The number of carbonyl (C=O) groups is 1. The van der Waals surface area contributed by atoms with Gasteiger partial charge < -0.3 is 13.8 Å². The molecule has 0 aliphatic heterocycles. The van der Waals surface area contributed by atoms with E-state index >= 15 is 0 Å². The van der Waals surface area contributed by atoms with Crippen LogP contribution in [-0.4, -0.2) is 44.2 Å². The van der Waals surface area contributed by atoms with E-state index < -0.39 is 15.4 Å². The molecule has 136 valence electrons. The molecule has 24 heavy (non-hydrogen) atoms. The third kappa shape index (κ3) is 5.79. The van der Waals surface area contributed by atoms with E-state index in [4.69, 9.17) is 8.92 Å². The first-order chi connectivity index (χ1) is 11.2. The summed E-state index contributed by atoms with van der Waals surface area (Å²) in [6.45, 7) is 7.49. The van der Waals surface area contributed by atoms with Crippen molar-refractivity contribution < 1.29 is 22.1 Å². The SMILES string of the molecule is CC[C@H](C)N(Cc1cccc(OS(=O)(=O)C(C)C)c1)C(=O)COC. The molecule has 0 aliphatic carbocycles. The Morgan fingerprint density at radius 2 is 1.92 bits per heavy atom. The molecular formula is C17H27NO5S. The van der Waals surface area contributed by atoms with Crippen LogP contribution in [0.5, 0.6) is 5.75 Å². The smallest absolute Gasteiger partial charge is 0.311 e. The summed E-state index contributed by atoms with van der Waals surface area (Å²) in [6, 6.07) is 6.85. The molecule has 1 atom stereocenters. The van der Waals surface area contributed by atoms with Gasteiger partial charge in [-0.2, -0.15) is 8.42 Å². The Kier molecular flexibility index (Phi) is 7.69. The maximum absolute atomic E-state index is 12.2. The minimum atomic E-state index is -3.64. The number of hydrogen-bond donors (Lipinski definition) is 0. The van der Waals surface area contributed by atoms with Crippen molar-refractivity contribution in [2.24, 2.45) is 0 Å². The van der Waals surface area contributed by atoms with Gasteiger partial charge in [-0.1, -0.05) is 19.1 Å². The number of carbonyl (C=O) groups excluding carboxylic acids is 1. The number of hydrogen-bond acceptors (Lipinski definition) is 5. The first-order valence-corrected chi connectivity index (χ1v) is 9.49. The van der Waals surface area contributed by atoms with E-state index in [0.29, 0.717) is 6.54 Å². The second-order valence-electron chi connectivity index (χ2n) is 5.98. The van der Waals surface area contributed by atoms with Crippen LogP contribution in [0.25, 0.3) is 0 Å². The molecule has 0 spiro atoms. The predicted octanol–water partition coefficient (Wildman–Crippen LogP) is 2.58. The van der Waals surface area contributed by atoms with Crippen LogP contribution in [0.3, 0.4) is 0 Å². The molecule has 0 bridgehead atoms. The average molecular weight is 357 g/mol. The fraction of sp³-hybridized carbons (Fsp3) is 0.588. The molecule has 0 saturated heterocycles. The van der Waals surface area contributed by atoms with E-state index in [9.17, 15) is 13.2 Å². The first-order valence-electron chi connectivity index (χ1n) is 8.01. The summed E-state index contributed by atoms with van der Waals surface area (Å²) in [7, 11) is -2.16. The van der Waals surface area contributed by atoms with E-state index in [1.165, 1.54) is 7.11 Å². The first kappa shape index (κ1) is 20.4. The van der Waals surface area contributed by atoms with Crippen LogP contribution >= 0.6 is 0 Å². The van der Waals surface area contributed by atoms with Crippen molar-refractivity contribution in [2.75, 3.05) is 13.7 Å². The Bertz CT molecular complexity index is 642. The molecule has 0 aromatic heterocycles. The predicted molar refractivity (Wildman–Crippen MR) is 93.3 cm³/mol. The highest BCUT2D eigenvalue weighted by molar-refractivity contribution is 7.87. The summed E-state index contributed by atoms with van der Waals surface area (Å²) in [5.74, 6) is 0.150. The standard InChI is InChI=1S/C17H27NO5S/c1-6-14(4)18(17(19)12-22-5)11-15-8-7-9-16(10-15)23-24(20,21)13(2)3/h7-10,13-14H,6,11-12H2,1-5H3/t14-/m0/s1. The summed E-state index contributed by atoms with van der Waals surface area (Å²) >= 11 is 0. The van der Waals surface area contributed by atoms with E-state index in [0.717, 1.165) is 12.0 Å². The van der Waals surface area contributed by atoms with Gasteiger partial charge in [0.25, 0.3) is 0 Å². The van der Waals surface area contributed by atoms with Gasteiger partial charge in [0, 0.05) is 19.7 Å². The van der Waals surface area contributed by atoms with Crippen LogP contribution in [0, 0.1) is 0 Å². The number of benzene rings is 1. The molecule has 0 aliphatic rings. The van der Waals surface area contributed by atoms with Crippen LogP contribution in [0.15, 0.2) is 24.3 Å². The van der Waals surface area contributed by atoms with Crippen molar-refractivity contribution in [1.29, 1.82) is 0 Å². The topological polar surface area (TPSA) is 72.9 Å². The molecule has 0 radical (unpaired) electrons. The summed E-state index contributed by atoms with van der Waals surface area (Å²) in [4.78, 5) is 13.9. The maximum atomic E-state index is 12.2. The van der Waals surface area contributed by atoms with Crippen molar-refractivity contribution in [2.45, 2.75) is 52.0 Å². The Morgan fingerprint density at radius 3 is 2.46 bits per heavy atom. The second-order valence-corrected chi connectivity index (χ2v) is 8.08. The Balaban J connectivity index is 2.97. The highest BCUT2D eigenvalue weighted by Gasteiger charge is 2.21. The zero-order valence-electron chi connectivity index (χ0n) is 15.0. The van der Waals surface area contributed by atoms with Gasteiger partial charge in [-0.15, -0.1) is 0 Å². The fourth-order valence-corrected chi connectivity index (χ4v) is 2.60. The van der Waals surface area contributed by atoms with E-state index in [2.05, 4.69) is 0 Å². The van der Waals surface area contributed by atoms with Gasteiger partial charge in [0.05, 0.1) is 5.25 Å². The molecule has 0 N–H and O–H groups in total. The Morgan fingerprint density at radius 1 is 1.25 bits per heavy atom. The number of amides is 1. The molecule has 1 rings (SSSR count). The Labute approximate surface area is 144 Å². The number of nitrogens with zero attached hydrogens (tertiary/aromatic N) is 1. The van der Waals surface area contributed by atoms with E-state index in [1.54, 1.807) is 36.9 Å². The van der Waals surface area contributed by atoms with Crippen LogP contribution in [0.2, 0.25) is 0 Å². The van der Waals surface area contributed by atoms with Crippen molar-refractivity contribution in [3.63, 3.8) is 0 Å². The molecule has 1 aromatic rings. The molecule has 1 amide bonds. The lowest BCUT2D eigenvalue weighted by molar-refractivity contribution is -0.138. The lowest BCUT2D eigenvalue weighted by Crippen LogP contribution is -2.39. The number of rotatable bonds is 9. The molecule has 0 unspecified atom stereocenters. The van der Waals surface area contributed by atoms with Gasteiger partial charge in [-0.25, -0.2) is 0 Å². The van der Waals surface area contributed by atoms with Gasteiger partial charge >= 0.3 is 10.1 Å². The van der Waals surface area contributed by atoms with Crippen LogP contribution in [0.4, 0.5) is 0 Å². The second kappa shape index (κ2) is 9.03. The summed E-state index contributed by atoms with van der Waals surface area (Å²) in [5, 5.41) is -0.624. The Hall–Kier alpha value is -1.60. The average Bonchev–Trinajstić information content (AvgIpc) is 2.51. The minimum absolute atomic E-state index is 0.0161. The van der Waals surface area contributed by atoms with Crippen LogP contribution < -0.4 is 4.18 Å². The van der Waals surface area contributed by atoms with Gasteiger partial charge in [-0.3, -0.25) is 4.79 Å². The van der Waals surface area contributed by atoms with Gasteiger partial charge in [0.1, 0.15) is 12.4 Å². The van der Waals surface area contributed by atoms with Crippen molar-refractivity contribution in [1.82, 2.24) is 4.90 Å². The third-order valence-corrected chi connectivity index (χ3v) is 5.33. The summed E-state index contributed by atoms with van der Waals surface area (Å²) < 4.78 is 33.8. The lowest BCUT2D eigenvalue weighted by Gasteiger charge is -2.28. The third-order valence-electron chi connectivity index (χ3n) is 3.75. The summed E-state index contributed by atoms with van der Waals surface area (Å²) in [5.41, 5.74) is 0.802. The van der Waals surface area contributed by atoms with Crippen molar-refractivity contribution in [3.8, 4) is 5.75 Å². The highest BCUT2D eigenvalue weighted by atomic mass is 32.2. The normalized spacial score (nSPS) is 12.9. The molecule has 1 aromatic carbocycles. The van der Waals surface area contributed by atoms with Gasteiger partial charge in [0.2, 0.25) is 5.91 Å². The molecule has 0 heterocycles. The zero-order valence-corrected chi connectivity index (χ0v) is 15.8. The number of methoxy groups -OCH3 is 1. The summed E-state index contributed by atoms with van der Waals surface area (Å²) in [6.07, 6.45) is 0.813. The monoisotopic (exact) mass is 357 g/mol. The molecule has 6 nitrogen and oxygen atoms in total. The molecule has 7 heteroatoms. The van der Waals surface area contributed by atoms with Gasteiger partial charge in [-0.05, 0) is 44.9 Å². The fourth-order valence-electron chi connectivity index (χ4n) is 2.04. The van der Waals surface area contributed by atoms with Crippen molar-refractivity contribution >= 4 is 16.0 Å². The van der Waals surface area contributed by atoms with Crippen molar-refractivity contribution in [3.05, 3.63) is 29.8 Å². The van der Waals surface area contributed by atoms with Gasteiger partial charge in [0.15, 0.2) is 0 Å². The largest absolute Gasteiger partial charge is 0.382 e.